The van der Waals surface area contributed by atoms with Crippen LogP contribution < -0.4 is 4.90 Å². The molecule has 0 heterocycles. The van der Waals surface area contributed by atoms with Gasteiger partial charge in [-0.3, -0.25) is 0 Å². The number of nitriles is 1. The van der Waals surface area contributed by atoms with Gasteiger partial charge in [-0.2, -0.15) is 5.26 Å². The maximum absolute atomic E-state index is 13.7. The van der Waals surface area contributed by atoms with E-state index in [2.05, 4.69) is 0 Å². The lowest BCUT2D eigenvalue weighted by atomic mass is 10.2. The molecule has 0 atom stereocenters. The molecule has 16 heavy (non-hydrogen) atoms. The molecule has 2 nitrogen and oxygen atoms in total. The second-order valence-electron chi connectivity index (χ2n) is 3.89. The van der Waals surface area contributed by atoms with Crippen LogP contribution in [0.5, 0.6) is 0 Å². The van der Waals surface area contributed by atoms with Crippen molar-refractivity contribution < 1.29 is 8.78 Å². The molecule has 1 aromatic rings. The molecule has 0 spiro atoms. The molecule has 0 aromatic heterocycles. The molecule has 1 aliphatic rings. The van der Waals surface area contributed by atoms with Crippen molar-refractivity contribution in [3.05, 3.63) is 29.3 Å². The Morgan fingerprint density at radius 1 is 1.38 bits per heavy atom. The first kappa shape index (κ1) is 10.9. The Labute approximate surface area is 93.1 Å². The average Bonchev–Trinajstić information content (AvgIpc) is 3.10. The Balaban J connectivity index is 2.41. The van der Waals surface area contributed by atoms with Crippen molar-refractivity contribution in [2.45, 2.75) is 25.8 Å². The first-order valence-electron chi connectivity index (χ1n) is 5.33. The molecule has 0 amide bonds. The first-order chi connectivity index (χ1) is 7.69. The van der Waals surface area contributed by atoms with Crippen molar-refractivity contribution >= 4 is 5.69 Å². The van der Waals surface area contributed by atoms with E-state index in [0.29, 0.717) is 12.6 Å². The minimum atomic E-state index is -1.04. The summed E-state index contributed by atoms with van der Waals surface area (Å²) in [7, 11) is 0. The van der Waals surface area contributed by atoms with Crippen LogP contribution in [0.15, 0.2) is 12.1 Å². The maximum Gasteiger partial charge on any atom is 0.183 e. The standard InChI is InChI=1S/C12H12F2N2/c1-2-16(9-4-5-9)10-6-3-8(7-15)11(13)12(10)14/h3,6,9H,2,4-5H2,1H3. The number of halogens is 2. The largest absolute Gasteiger partial charge is 0.366 e. The van der Waals surface area contributed by atoms with Gasteiger partial charge in [0.2, 0.25) is 0 Å². The van der Waals surface area contributed by atoms with E-state index in [1.54, 1.807) is 6.07 Å². The highest BCUT2D eigenvalue weighted by atomic mass is 19.2. The molecular weight excluding hydrogens is 210 g/mol. The van der Waals surface area contributed by atoms with Gasteiger partial charge < -0.3 is 4.90 Å². The Kier molecular flexibility index (Phi) is 2.78. The summed E-state index contributed by atoms with van der Waals surface area (Å²) in [6.07, 6.45) is 2.05. The monoisotopic (exact) mass is 222 g/mol. The second-order valence-corrected chi connectivity index (χ2v) is 3.89. The van der Waals surface area contributed by atoms with Crippen LogP contribution in [0.2, 0.25) is 0 Å². The molecule has 1 fully saturated rings. The molecule has 4 heteroatoms. The Bertz CT molecular complexity index is 447. The number of hydrogen-bond acceptors (Lipinski definition) is 2. The maximum atomic E-state index is 13.7. The lowest BCUT2D eigenvalue weighted by Crippen LogP contribution is -2.26. The highest BCUT2D eigenvalue weighted by Crippen LogP contribution is 2.34. The van der Waals surface area contributed by atoms with Gasteiger partial charge in [0.1, 0.15) is 6.07 Å². The molecule has 1 aromatic carbocycles. The van der Waals surface area contributed by atoms with Crippen molar-refractivity contribution in [3.8, 4) is 6.07 Å². The smallest absolute Gasteiger partial charge is 0.183 e. The van der Waals surface area contributed by atoms with E-state index in [0.717, 1.165) is 12.8 Å². The molecule has 0 saturated heterocycles. The minimum absolute atomic E-state index is 0.242. The normalized spacial score (nSPS) is 14.6. The zero-order valence-corrected chi connectivity index (χ0v) is 9.00. The topological polar surface area (TPSA) is 27.0 Å². The van der Waals surface area contributed by atoms with Crippen LogP contribution in [0.4, 0.5) is 14.5 Å². The van der Waals surface area contributed by atoms with Crippen LogP contribution in [0.25, 0.3) is 0 Å². The van der Waals surface area contributed by atoms with Gasteiger partial charge in [-0.05, 0) is 31.9 Å². The molecule has 1 saturated carbocycles. The van der Waals surface area contributed by atoms with E-state index in [1.165, 1.54) is 12.1 Å². The predicted molar refractivity (Wildman–Crippen MR) is 57.1 cm³/mol. The molecule has 0 unspecified atom stereocenters. The van der Waals surface area contributed by atoms with Crippen LogP contribution in [-0.2, 0) is 0 Å². The third kappa shape index (κ3) is 1.73. The molecular formula is C12H12F2N2. The number of hydrogen-bond donors (Lipinski definition) is 0. The molecule has 84 valence electrons. The van der Waals surface area contributed by atoms with Gasteiger partial charge in [-0.25, -0.2) is 8.78 Å². The van der Waals surface area contributed by atoms with Crippen molar-refractivity contribution in [2.24, 2.45) is 0 Å². The fourth-order valence-corrected chi connectivity index (χ4v) is 1.86. The highest BCUT2D eigenvalue weighted by Gasteiger charge is 2.30. The van der Waals surface area contributed by atoms with Gasteiger partial charge in [0.05, 0.1) is 11.3 Å². The number of rotatable bonds is 3. The molecule has 0 N–H and O–H groups in total. The Morgan fingerprint density at radius 2 is 2.06 bits per heavy atom. The predicted octanol–water partition coefficient (Wildman–Crippen LogP) is 2.83. The summed E-state index contributed by atoms with van der Waals surface area (Å²) in [5.41, 5.74) is 0.0228. The average molecular weight is 222 g/mol. The molecule has 0 aliphatic heterocycles. The highest BCUT2D eigenvalue weighted by molar-refractivity contribution is 5.53. The molecule has 0 bridgehead atoms. The van der Waals surface area contributed by atoms with Gasteiger partial charge in [-0.15, -0.1) is 0 Å². The molecule has 2 rings (SSSR count). The second kappa shape index (κ2) is 4.09. The fraction of sp³-hybridized carbons (Fsp3) is 0.417. The summed E-state index contributed by atoms with van der Waals surface area (Å²) in [5.74, 6) is -1.95. The lowest BCUT2D eigenvalue weighted by molar-refractivity contribution is 0.503. The SMILES string of the molecule is CCN(c1ccc(C#N)c(F)c1F)C1CC1. The van der Waals surface area contributed by atoms with Crippen molar-refractivity contribution in [1.29, 1.82) is 5.26 Å². The van der Waals surface area contributed by atoms with Crippen LogP contribution in [0.1, 0.15) is 25.3 Å². The molecule has 1 aliphatic carbocycles. The number of benzene rings is 1. The summed E-state index contributed by atoms with van der Waals surface area (Å²) in [6, 6.07) is 4.77. The summed E-state index contributed by atoms with van der Waals surface area (Å²) in [5, 5.41) is 8.58. The van der Waals surface area contributed by atoms with Crippen LogP contribution >= 0.6 is 0 Å². The van der Waals surface area contributed by atoms with Crippen LogP contribution in [0, 0.1) is 23.0 Å². The quantitative estimate of drug-likeness (QED) is 0.786. The molecule has 0 radical (unpaired) electrons. The van der Waals surface area contributed by atoms with Gasteiger partial charge in [-0.1, -0.05) is 0 Å². The summed E-state index contributed by atoms with van der Waals surface area (Å²) < 4.78 is 27.1. The minimum Gasteiger partial charge on any atom is -0.366 e. The van der Waals surface area contributed by atoms with Gasteiger partial charge in [0.25, 0.3) is 0 Å². The van der Waals surface area contributed by atoms with Crippen LogP contribution in [-0.4, -0.2) is 12.6 Å². The van der Waals surface area contributed by atoms with Gasteiger partial charge >= 0.3 is 0 Å². The zero-order valence-electron chi connectivity index (χ0n) is 9.00. The summed E-state index contributed by atoms with van der Waals surface area (Å²) in [4.78, 5) is 1.85. The lowest BCUT2D eigenvalue weighted by Gasteiger charge is -2.23. The summed E-state index contributed by atoms with van der Waals surface area (Å²) >= 11 is 0. The van der Waals surface area contributed by atoms with E-state index in [1.807, 2.05) is 11.8 Å². The van der Waals surface area contributed by atoms with Crippen molar-refractivity contribution in [2.75, 3.05) is 11.4 Å². The van der Waals surface area contributed by atoms with E-state index in [9.17, 15) is 8.78 Å². The van der Waals surface area contributed by atoms with Gasteiger partial charge in [0, 0.05) is 12.6 Å². The van der Waals surface area contributed by atoms with E-state index >= 15 is 0 Å². The van der Waals surface area contributed by atoms with Crippen molar-refractivity contribution in [3.63, 3.8) is 0 Å². The first-order valence-corrected chi connectivity index (χ1v) is 5.33. The number of nitrogens with zero attached hydrogens (tertiary/aromatic N) is 2. The summed E-state index contributed by atoms with van der Waals surface area (Å²) in [6.45, 7) is 2.56. The third-order valence-electron chi connectivity index (χ3n) is 2.82. The van der Waals surface area contributed by atoms with Crippen LogP contribution in [0.3, 0.4) is 0 Å². The van der Waals surface area contributed by atoms with Gasteiger partial charge in [0.15, 0.2) is 11.6 Å². The van der Waals surface area contributed by atoms with E-state index < -0.39 is 11.6 Å². The fourth-order valence-electron chi connectivity index (χ4n) is 1.86. The zero-order chi connectivity index (χ0) is 11.7. The van der Waals surface area contributed by atoms with Crippen molar-refractivity contribution in [1.82, 2.24) is 0 Å². The number of anilines is 1. The Hall–Kier alpha value is -1.63. The Morgan fingerprint density at radius 3 is 2.56 bits per heavy atom. The van der Waals surface area contributed by atoms with E-state index in [4.69, 9.17) is 5.26 Å². The van der Waals surface area contributed by atoms with E-state index in [-0.39, 0.29) is 11.3 Å². The third-order valence-corrected chi connectivity index (χ3v) is 2.82.